The quantitative estimate of drug-likeness (QED) is 0.280. The zero-order valence-electron chi connectivity index (χ0n) is 21.3. The number of nitrogens with zero attached hydrogens (tertiary/aromatic N) is 4. The molecule has 0 aliphatic heterocycles. The van der Waals surface area contributed by atoms with E-state index in [1.165, 1.54) is 67.2 Å². The minimum absolute atomic E-state index is 0.0214. The van der Waals surface area contributed by atoms with Gasteiger partial charge in [-0.3, -0.25) is 9.36 Å². The Morgan fingerprint density at radius 3 is 1.90 bits per heavy atom. The zero-order chi connectivity index (χ0) is 28.5. The Kier molecular flexibility index (Phi) is 8.50. The fourth-order valence-corrected chi connectivity index (χ4v) is 7.14. The highest BCUT2D eigenvalue weighted by Gasteiger charge is 2.33. The number of benzene rings is 3. The first kappa shape index (κ1) is 29.2. The van der Waals surface area contributed by atoms with Crippen molar-refractivity contribution >= 4 is 54.2 Å². The minimum atomic E-state index is -4.18. The molecule has 0 saturated heterocycles. The van der Waals surface area contributed by atoms with Crippen LogP contribution in [0.2, 0.25) is 10.0 Å². The van der Waals surface area contributed by atoms with Crippen molar-refractivity contribution in [3.8, 4) is 0 Å². The first-order chi connectivity index (χ1) is 18.3. The van der Waals surface area contributed by atoms with E-state index in [4.69, 9.17) is 23.2 Å². The summed E-state index contributed by atoms with van der Waals surface area (Å²) in [7, 11) is -5.22. The van der Waals surface area contributed by atoms with E-state index in [9.17, 15) is 21.6 Å². The molecule has 13 heteroatoms. The second-order valence-electron chi connectivity index (χ2n) is 8.88. The van der Waals surface area contributed by atoms with Crippen molar-refractivity contribution in [2.75, 3.05) is 20.1 Å². The monoisotopic (exact) mass is 608 g/mol. The predicted molar refractivity (Wildman–Crippen MR) is 152 cm³/mol. The van der Waals surface area contributed by atoms with Gasteiger partial charge in [0.1, 0.15) is 5.82 Å². The van der Waals surface area contributed by atoms with E-state index < -0.39 is 26.1 Å². The summed E-state index contributed by atoms with van der Waals surface area (Å²) in [5.41, 5.74) is 0.0995. The molecule has 0 bridgehead atoms. The lowest BCUT2D eigenvalue weighted by atomic mass is 10.2. The number of sulfonamides is 2. The molecular formula is C26H26Cl2N4O5S2. The van der Waals surface area contributed by atoms with Crippen LogP contribution in [0.1, 0.15) is 18.8 Å². The lowest BCUT2D eigenvalue weighted by Crippen LogP contribution is -2.42. The maximum atomic E-state index is 13.9. The topological polar surface area (TPSA) is 110 Å². The highest BCUT2D eigenvalue weighted by atomic mass is 35.5. The average molecular weight is 610 g/mol. The second-order valence-corrected chi connectivity index (χ2v) is 13.7. The summed E-state index contributed by atoms with van der Waals surface area (Å²) in [6, 6.07) is 17.2. The third-order valence-electron chi connectivity index (χ3n) is 6.40. The third kappa shape index (κ3) is 5.88. The molecule has 1 aromatic heterocycles. The van der Waals surface area contributed by atoms with Crippen LogP contribution < -0.4 is 5.56 Å². The van der Waals surface area contributed by atoms with E-state index >= 15 is 0 Å². The Balaban J connectivity index is 1.75. The van der Waals surface area contributed by atoms with Gasteiger partial charge in [-0.1, -0.05) is 35.3 Å². The molecule has 1 atom stereocenters. The Hall–Kier alpha value is -2.80. The molecule has 0 amide bonds. The molecule has 1 unspecified atom stereocenters. The second kappa shape index (κ2) is 11.4. The van der Waals surface area contributed by atoms with Crippen LogP contribution in [-0.4, -0.2) is 55.1 Å². The van der Waals surface area contributed by atoms with E-state index in [2.05, 4.69) is 4.98 Å². The molecule has 0 aliphatic carbocycles. The van der Waals surface area contributed by atoms with Crippen molar-refractivity contribution in [2.45, 2.75) is 22.8 Å². The molecule has 206 valence electrons. The van der Waals surface area contributed by atoms with Gasteiger partial charge in [0.15, 0.2) is 0 Å². The standard InChI is InChI=1S/C26H26Cl2N4O5S2/c1-18(25-29-24-7-5-4-6-23(24)26(33)31(25)3)32(39(36,37)22-14-10-20(28)11-15-22)17-16-30(2)38(34,35)21-12-8-19(27)9-13-21/h4-15,18H,16-17H2,1-3H3. The number of aromatic nitrogens is 2. The Morgan fingerprint density at radius 2 is 1.33 bits per heavy atom. The van der Waals surface area contributed by atoms with Crippen LogP contribution in [0.3, 0.4) is 0 Å². The summed E-state index contributed by atoms with van der Waals surface area (Å²) in [6.45, 7) is 1.21. The van der Waals surface area contributed by atoms with E-state index in [1.54, 1.807) is 31.2 Å². The van der Waals surface area contributed by atoms with Gasteiger partial charge < -0.3 is 0 Å². The molecule has 0 fully saturated rings. The summed E-state index contributed by atoms with van der Waals surface area (Å²) < 4.78 is 57.5. The average Bonchev–Trinajstić information content (AvgIpc) is 2.91. The molecule has 0 N–H and O–H groups in total. The van der Waals surface area contributed by atoms with Crippen LogP contribution in [0.5, 0.6) is 0 Å². The molecule has 0 radical (unpaired) electrons. The van der Waals surface area contributed by atoms with Crippen molar-refractivity contribution in [2.24, 2.45) is 7.05 Å². The molecule has 1 heterocycles. The summed E-state index contributed by atoms with van der Waals surface area (Å²) >= 11 is 11.9. The van der Waals surface area contributed by atoms with Gasteiger partial charge in [-0.15, -0.1) is 0 Å². The normalized spacial score (nSPS) is 13.3. The van der Waals surface area contributed by atoms with Crippen molar-refractivity contribution in [3.63, 3.8) is 0 Å². The van der Waals surface area contributed by atoms with E-state index in [0.717, 1.165) is 8.61 Å². The zero-order valence-corrected chi connectivity index (χ0v) is 24.5. The number of hydrogen-bond donors (Lipinski definition) is 0. The third-order valence-corrected chi connectivity index (χ3v) is 10.8. The van der Waals surface area contributed by atoms with Crippen LogP contribution in [0.25, 0.3) is 10.9 Å². The van der Waals surface area contributed by atoms with Crippen molar-refractivity contribution in [1.82, 2.24) is 18.2 Å². The lowest BCUT2D eigenvalue weighted by Gasteiger charge is -2.30. The highest BCUT2D eigenvalue weighted by molar-refractivity contribution is 7.89. The summed E-state index contributed by atoms with van der Waals surface area (Å²) in [5, 5.41) is 1.15. The van der Waals surface area contributed by atoms with Crippen LogP contribution >= 0.6 is 23.2 Å². The number of likely N-dealkylation sites (N-methyl/N-ethyl adjacent to an activating group) is 1. The van der Waals surface area contributed by atoms with Crippen molar-refractivity contribution < 1.29 is 16.8 Å². The fraction of sp³-hybridized carbons (Fsp3) is 0.231. The van der Waals surface area contributed by atoms with Gasteiger partial charge in [-0.25, -0.2) is 21.8 Å². The predicted octanol–water partition coefficient (Wildman–Crippen LogP) is 4.31. The smallest absolute Gasteiger partial charge is 0.261 e. The van der Waals surface area contributed by atoms with Crippen LogP contribution in [0.4, 0.5) is 0 Å². The van der Waals surface area contributed by atoms with Crippen LogP contribution in [0, 0.1) is 0 Å². The summed E-state index contributed by atoms with van der Waals surface area (Å²) in [6.07, 6.45) is 0. The first-order valence-electron chi connectivity index (χ1n) is 11.8. The first-order valence-corrected chi connectivity index (χ1v) is 15.4. The van der Waals surface area contributed by atoms with Crippen LogP contribution in [-0.2, 0) is 27.1 Å². The highest BCUT2D eigenvalue weighted by Crippen LogP contribution is 2.28. The van der Waals surface area contributed by atoms with Gasteiger partial charge in [0.25, 0.3) is 5.56 Å². The maximum absolute atomic E-state index is 13.9. The number of rotatable bonds is 9. The molecule has 39 heavy (non-hydrogen) atoms. The summed E-state index contributed by atoms with van der Waals surface area (Å²) in [5.74, 6) is 0.208. The van der Waals surface area contributed by atoms with E-state index in [1.807, 2.05) is 0 Å². The van der Waals surface area contributed by atoms with Crippen LogP contribution in [0.15, 0.2) is 87.4 Å². The van der Waals surface area contributed by atoms with Gasteiger partial charge in [-0.2, -0.15) is 8.61 Å². The molecule has 0 aliphatic rings. The number of halogens is 2. The van der Waals surface area contributed by atoms with E-state index in [0.29, 0.717) is 20.9 Å². The Labute approximate surface area is 237 Å². The Bertz CT molecular complexity index is 1780. The van der Waals surface area contributed by atoms with Gasteiger partial charge in [0, 0.05) is 37.2 Å². The molecule has 0 spiro atoms. The lowest BCUT2D eigenvalue weighted by molar-refractivity contribution is 0.303. The SMILES string of the molecule is CC(c1nc2ccccc2c(=O)n1C)N(CCN(C)S(=O)(=O)c1ccc(Cl)cc1)S(=O)(=O)c1ccc(Cl)cc1. The minimum Gasteiger partial charge on any atom is -0.298 e. The molecule has 3 aromatic carbocycles. The number of hydrogen-bond acceptors (Lipinski definition) is 6. The molecule has 0 saturated carbocycles. The molecule has 9 nitrogen and oxygen atoms in total. The Morgan fingerprint density at radius 1 is 0.821 bits per heavy atom. The molecule has 4 rings (SSSR count). The van der Waals surface area contributed by atoms with Gasteiger partial charge >= 0.3 is 0 Å². The number of fused-ring (bicyclic) bond motifs is 1. The number of para-hydroxylation sites is 1. The maximum Gasteiger partial charge on any atom is 0.261 e. The molecule has 4 aromatic rings. The van der Waals surface area contributed by atoms with Gasteiger partial charge in [0.2, 0.25) is 20.0 Å². The van der Waals surface area contributed by atoms with Crippen molar-refractivity contribution in [1.29, 1.82) is 0 Å². The van der Waals surface area contributed by atoms with Crippen molar-refractivity contribution in [3.05, 3.63) is 99.0 Å². The molecular weight excluding hydrogens is 583 g/mol. The summed E-state index contributed by atoms with van der Waals surface area (Å²) in [4.78, 5) is 17.6. The van der Waals surface area contributed by atoms with Gasteiger partial charge in [-0.05, 0) is 67.6 Å². The van der Waals surface area contributed by atoms with E-state index in [-0.39, 0.29) is 34.3 Å². The van der Waals surface area contributed by atoms with Gasteiger partial charge in [0.05, 0.1) is 26.7 Å². The fourth-order valence-electron chi connectivity index (χ4n) is 4.15. The largest absolute Gasteiger partial charge is 0.298 e.